The second-order valence-corrected chi connectivity index (χ2v) is 8.92. The van der Waals surface area contributed by atoms with Gasteiger partial charge in [0.1, 0.15) is 54.9 Å². The van der Waals surface area contributed by atoms with Gasteiger partial charge in [-0.2, -0.15) is 0 Å². The minimum Gasteiger partial charge on any atom is -0.388 e. The number of aliphatic hydroxyl groups excluding tert-OH is 5. The van der Waals surface area contributed by atoms with Gasteiger partial charge in [-0.1, -0.05) is 0 Å². The molecule has 200 valence electrons. The van der Waals surface area contributed by atoms with Gasteiger partial charge in [0.25, 0.3) is 0 Å². The number of rotatable bonds is 7. The Morgan fingerprint density at radius 3 is 1.56 bits per heavy atom. The SMILES string of the molecule is CO[C@@H]1[C@H](O[C@@H]2[C@@H](O)[C@H](C)O[C@@H](O[C@@H]3[C@@H](O)[C@H](C)O[C@H](O)[C@@H]3OC)[C@@H]2O)O[C@@H](C)[C@@H](OC)[C@H]1O. The predicted molar refractivity (Wildman–Crippen MR) is 111 cm³/mol. The molecule has 3 fully saturated rings. The molecule has 0 radical (unpaired) electrons. The average molecular weight is 499 g/mol. The van der Waals surface area contributed by atoms with Gasteiger partial charge >= 0.3 is 0 Å². The third-order valence-corrected chi connectivity index (χ3v) is 6.71. The average Bonchev–Trinajstić information content (AvgIpc) is 2.78. The Morgan fingerprint density at radius 1 is 0.471 bits per heavy atom. The van der Waals surface area contributed by atoms with E-state index in [0.717, 1.165) is 0 Å². The molecule has 3 saturated heterocycles. The Balaban J connectivity index is 1.77. The van der Waals surface area contributed by atoms with E-state index in [1.165, 1.54) is 21.3 Å². The summed E-state index contributed by atoms with van der Waals surface area (Å²) in [5.74, 6) is 0. The molecule has 3 aliphatic heterocycles. The Bertz CT molecular complexity index is 640. The van der Waals surface area contributed by atoms with Gasteiger partial charge in [-0.25, -0.2) is 0 Å². The predicted octanol–water partition coefficient (Wildman–Crippen LogP) is -2.53. The third-order valence-electron chi connectivity index (χ3n) is 6.71. The quantitative estimate of drug-likeness (QED) is 0.249. The maximum Gasteiger partial charge on any atom is 0.187 e. The monoisotopic (exact) mass is 498 g/mol. The fourth-order valence-corrected chi connectivity index (χ4v) is 4.67. The summed E-state index contributed by atoms with van der Waals surface area (Å²) in [6, 6.07) is 0. The molecule has 3 aliphatic rings. The van der Waals surface area contributed by atoms with E-state index in [2.05, 4.69) is 0 Å². The smallest absolute Gasteiger partial charge is 0.187 e. The van der Waals surface area contributed by atoms with Crippen molar-refractivity contribution < 1.29 is 63.4 Å². The van der Waals surface area contributed by atoms with Crippen molar-refractivity contribution in [1.82, 2.24) is 0 Å². The Kier molecular flexibility index (Phi) is 9.64. The lowest BCUT2D eigenvalue weighted by molar-refractivity contribution is -0.376. The minimum absolute atomic E-state index is 0.571. The summed E-state index contributed by atoms with van der Waals surface area (Å²) < 4.78 is 44.3. The van der Waals surface area contributed by atoms with Crippen LogP contribution in [0, 0.1) is 0 Å². The van der Waals surface area contributed by atoms with E-state index in [1.807, 2.05) is 0 Å². The number of hydrogen-bond donors (Lipinski definition) is 5. The van der Waals surface area contributed by atoms with Crippen LogP contribution in [0.4, 0.5) is 0 Å². The van der Waals surface area contributed by atoms with Gasteiger partial charge in [0, 0.05) is 21.3 Å². The molecule has 0 saturated carbocycles. The lowest BCUT2D eigenvalue weighted by Crippen LogP contribution is -2.65. The molecule has 13 nitrogen and oxygen atoms in total. The van der Waals surface area contributed by atoms with E-state index < -0.39 is 92.1 Å². The van der Waals surface area contributed by atoms with Gasteiger partial charge in [-0.05, 0) is 20.8 Å². The number of hydrogen-bond acceptors (Lipinski definition) is 13. The first-order chi connectivity index (χ1) is 16.0. The van der Waals surface area contributed by atoms with Crippen molar-refractivity contribution in [1.29, 1.82) is 0 Å². The molecule has 0 unspecified atom stereocenters. The minimum atomic E-state index is -1.54. The normalized spacial score (nSPS) is 52.5. The molecule has 0 aromatic carbocycles. The van der Waals surface area contributed by atoms with Crippen LogP contribution in [0.3, 0.4) is 0 Å². The lowest BCUT2D eigenvalue weighted by atomic mass is 9.96. The molecule has 0 aliphatic carbocycles. The highest BCUT2D eigenvalue weighted by atomic mass is 16.8. The van der Waals surface area contributed by atoms with Crippen LogP contribution in [0.15, 0.2) is 0 Å². The van der Waals surface area contributed by atoms with Crippen LogP contribution in [0.5, 0.6) is 0 Å². The van der Waals surface area contributed by atoms with E-state index in [9.17, 15) is 25.5 Å². The van der Waals surface area contributed by atoms with Gasteiger partial charge in [0.05, 0.1) is 18.3 Å². The molecule has 5 N–H and O–H groups in total. The second-order valence-electron chi connectivity index (χ2n) is 8.92. The van der Waals surface area contributed by atoms with E-state index in [0.29, 0.717) is 0 Å². The molecule has 3 heterocycles. The zero-order valence-corrected chi connectivity index (χ0v) is 20.2. The van der Waals surface area contributed by atoms with Gasteiger partial charge in [-0.15, -0.1) is 0 Å². The summed E-state index contributed by atoms with van der Waals surface area (Å²) in [6.07, 6.45) is -16.3. The first-order valence-corrected chi connectivity index (χ1v) is 11.3. The van der Waals surface area contributed by atoms with Crippen molar-refractivity contribution in [2.45, 2.75) is 113 Å². The van der Waals surface area contributed by atoms with Gasteiger partial charge < -0.3 is 63.4 Å². The highest BCUT2D eigenvalue weighted by Gasteiger charge is 2.53. The van der Waals surface area contributed by atoms with Gasteiger partial charge in [0.15, 0.2) is 18.9 Å². The summed E-state index contributed by atoms with van der Waals surface area (Å²) in [4.78, 5) is 0. The van der Waals surface area contributed by atoms with Crippen molar-refractivity contribution in [3.8, 4) is 0 Å². The molecule has 15 atom stereocenters. The molecule has 3 rings (SSSR count). The van der Waals surface area contributed by atoms with E-state index in [-0.39, 0.29) is 0 Å². The standard InChI is InChI=1S/C21H38O13/c1-7-11(23)16(18(29-6)19(26)30-7)34-20-13(25)15(10(22)8(2)31-20)33-21-17(28-5)12(24)14(27-4)9(3)32-21/h7-26H,1-6H3/t7-,8-,9-,10-,11-,12+,13+,14+,15+,16+,17-,18+,19-,20-,21-/m0/s1. The largest absolute Gasteiger partial charge is 0.388 e. The van der Waals surface area contributed by atoms with Crippen LogP contribution >= 0.6 is 0 Å². The van der Waals surface area contributed by atoms with E-state index in [4.69, 9.17) is 37.9 Å². The summed E-state index contributed by atoms with van der Waals surface area (Å²) in [7, 11) is 4.12. The Hall–Kier alpha value is -0.520. The second kappa shape index (κ2) is 11.7. The molecule has 0 bridgehead atoms. The van der Waals surface area contributed by atoms with Crippen LogP contribution in [-0.2, 0) is 37.9 Å². The van der Waals surface area contributed by atoms with E-state index in [1.54, 1.807) is 20.8 Å². The highest BCUT2D eigenvalue weighted by Crippen LogP contribution is 2.33. The molecule has 0 spiro atoms. The first kappa shape index (κ1) is 28.1. The van der Waals surface area contributed by atoms with E-state index >= 15 is 0 Å². The fourth-order valence-electron chi connectivity index (χ4n) is 4.67. The zero-order valence-electron chi connectivity index (χ0n) is 20.2. The topological polar surface area (TPSA) is 175 Å². The van der Waals surface area contributed by atoms with Gasteiger partial charge in [0.2, 0.25) is 0 Å². The fraction of sp³-hybridized carbons (Fsp3) is 1.00. The number of aliphatic hydroxyl groups is 5. The molecule has 34 heavy (non-hydrogen) atoms. The number of ether oxygens (including phenoxy) is 8. The summed E-state index contributed by atoms with van der Waals surface area (Å²) in [5, 5.41) is 53.1. The molecular weight excluding hydrogens is 460 g/mol. The molecule has 0 amide bonds. The highest BCUT2D eigenvalue weighted by molar-refractivity contribution is 4.95. The van der Waals surface area contributed by atoms with Crippen molar-refractivity contribution >= 4 is 0 Å². The van der Waals surface area contributed by atoms with Crippen molar-refractivity contribution in [3.05, 3.63) is 0 Å². The summed E-state index contributed by atoms with van der Waals surface area (Å²) in [5.41, 5.74) is 0. The first-order valence-electron chi connectivity index (χ1n) is 11.3. The molecular formula is C21H38O13. The van der Waals surface area contributed by atoms with Crippen LogP contribution in [0.2, 0.25) is 0 Å². The maximum absolute atomic E-state index is 11.0. The Morgan fingerprint density at radius 2 is 0.971 bits per heavy atom. The van der Waals surface area contributed by atoms with Crippen LogP contribution < -0.4 is 0 Å². The molecule has 0 aromatic rings. The lowest BCUT2D eigenvalue weighted by Gasteiger charge is -2.48. The summed E-state index contributed by atoms with van der Waals surface area (Å²) in [6.45, 7) is 4.80. The van der Waals surface area contributed by atoms with Crippen molar-refractivity contribution in [2.24, 2.45) is 0 Å². The van der Waals surface area contributed by atoms with Crippen molar-refractivity contribution in [3.63, 3.8) is 0 Å². The van der Waals surface area contributed by atoms with Crippen LogP contribution in [0.1, 0.15) is 20.8 Å². The summed E-state index contributed by atoms with van der Waals surface area (Å²) >= 11 is 0. The van der Waals surface area contributed by atoms with Crippen LogP contribution in [-0.4, -0.2) is 139 Å². The van der Waals surface area contributed by atoms with Crippen LogP contribution in [0.25, 0.3) is 0 Å². The van der Waals surface area contributed by atoms with Gasteiger partial charge in [-0.3, -0.25) is 0 Å². The zero-order chi connectivity index (χ0) is 25.3. The maximum atomic E-state index is 11.0. The molecule has 0 aromatic heterocycles. The van der Waals surface area contributed by atoms with Crippen molar-refractivity contribution in [2.75, 3.05) is 21.3 Å². The Labute approximate surface area is 198 Å². The third kappa shape index (κ3) is 5.42. The molecule has 13 heteroatoms. The number of methoxy groups -OCH3 is 3.